The number of para-hydroxylation sites is 1. The minimum absolute atomic E-state index is 0.0615. The number of rotatable bonds is 9. The van der Waals surface area contributed by atoms with Crippen LogP contribution in [0.1, 0.15) is 24.4 Å². The van der Waals surface area contributed by atoms with E-state index in [9.17, 15) is 9.59 Å². The first-order valence-electron chi connectivity index (χ1n) is 13.2. The Bertz CT molecular complexity index is 1670. The van der Waals surface area contributed by atoms with Gasteiger partial charge >= 0.3 is 0 Å². The van der Waals surface area contributed by atoms with Crippen LogP contribution in [0.3, 0.4) is 0 Å². The number of amides is 1. The predicted octanol–water partition coefficient (Wildman–Crippen LogP) is 6.44. The summed E-state index contributed by atoms with van der Waals surface area (Å²) in [6.45, 7) is 2.66. The van der Waals surface area contributed by atoms with Gasteiger partial charge in [-0.25, -0.2) is 4.98 Å². The third-order valence-corrected chi connectivity index (χ3v) is 7.72. The zero-order chi connectivity index (χ0) is 28.1. The lowest BCUT2D eigenvalue weighted by Crippen LogP contribution is -2.40. The van der Waals surface area contributed by atoms with Gasteiger partial charge in [-0.15, -0.1) is 0 Å². The number of carbonyl (C=O) groups excluding carboxylic acids is 1. The Balaban J connectivity index is 1.51. The Morgan fingerprint density at radius 1 is 0.900 bits per heavy atom. The fraction of sp³-hybridized carbons (Fsp3) is 0.182. The quantitative estimate of drug-likeness (QED) is 0.174. The van der Waals surface area contributed by atoms with Crippen molar-refractivity contribution in [3.8, 4) is 16.8 Å². The molecule has 0 aliphatic heterocycles. The fourth-order valence-electron chi connectivity index (χ4n) is 4.85. The van der Waals surface area contributed by atoms with Crippen LogP contribution < -0.4 is 5.56 Å². The largest absolute Gasteiger partial charge is 0.383 e. The van der Waals surface area contributed by atoms with E-state index in [0.29, 0.717) is 35.6 Å². The summed E-state index contributed by atoms with van der Waals surface area (Å²) in [5.74, 6) is 0.447. The van der Waals surface area contributed by atoms with Crippen molar-refractivity contribution in [2.45, 2.75) is 19.4 Å². The molecule has 1 unspecified atom stereocenters. The zero-order valence-electron chi connectivity index (χ0n) is 22.5. The molecule has 0 aliphatic rings. The van der Waals surface area contributed by atoms with Gasteiger partial charge in [-0.3, -0.25) is 14.2 Å². The predicted molar refractivity (Wildman–Crippen MR) is 168 cm³/mol. The van der Waals surface area contributed by atoms with E-state index < -0.39 is 6.04 Å². The Labute approximate surface area is 247 Å². The normalized spacial score (nSPS) is 11.9. The number of nitrogens with zero attached hydrogens (tertiary/aromatic N) is 3. The van der Waals surface area contributed by atoms with Crippen LogP contribution in [-0.4, -0.2) is 40.6 Å². The van der Waals surface area contributed by atoms with Crippen LogP contribution in [0.15, 0.2) is 108 Å². The highest BCUT2D eigenvalue weighted by atomic mass is 127. The van der Waals surface area contributed by atoms with Gasteiger partial charge in [0.1, 0.15) is 5.82 Å². The molecule has 40 heavy (non-hydrogen) atoms. The highest BCUT2D eigenvalue weighted by Crippen LogP contribution is 2.25. The van der Waals surface area contributed by atoms with Crippen molar-refractivity contribution in [1.29, 1.82) is 0 Å². The lowest BCUT2D eigenvalue weighted by atomic mass is 10.0. The minimum Gasteiger partial charge on any atom is -0.383 e. The Morgan fingerprint density at radius 3 is 2.25 bits per heavy atom. The van der Waals surface area contributed by atoms with Gasteiger partial charge in [0.15, 0.2) is 0 Å². The summed E-state index contributed by atoms with van der Waals surface area (Å²) in [6.07, 6.45) is 0.227. The number of carbonyl (C=O) groups is 1. The number of hydrogen-bond acceptors (Lipinski definition) is 4. The van der Waals surface area contributed by atoms with E-state index in [4.69, 9.17) is 9.72 Å². The molecule has 0 bridgehead atoms. The average Bonchev–Trinajstić information content (AvgIpc) is 2.98. The van der Waals surface area contributed by atoms with Crippen LogP contribution in [0.2, 0.25) is 0 Å². The molecule has 202 valence electrons. The summed E-state index contributed by atoms with van der Waals surface area (Å²) >= 11 is 2.24. The summed E-state index contributed by atoms with van der Waals surface area (Å²) in [6, 6.07) is 32.8. The second-order valence-corrected chi connectivity index (χ2v) is 10.8. The molecule has 7 heteroatoms. The van der Waals surface area contributed by atoms with Crippen LogP contribution in [0.25, 0.3) is 27.7 Å². The molecule has 5 rings (SSSR count). The topological polar surface area (TPSA) is 64.4 Å². The van der Waals surface area contributed by atoms with Gasteiger partial charge in [-0.05, 0) is 82.6 Å². The maximum absolute atomic E-state index is 13.8. The van der Waals surface area contributed by atoms with E-state index in [-0.39, 0.29) is 17.9 Å². The molecule has 1 amide bonds. The van der Waals surface area contributed by atoms with Crippen molar-refractivity contribution in [1.82, 2.24) is 14.5 Å². The summed E-state index contributed by atoms with van der Waals surface area (Å²) in [7, 11) is 1.62. The smallest absolute Gasteiger partial charge is 0.266 e. The van der Waals surface area contributed by atoms with E-state index in [1.807, 2.05) is 91.9 Å². The molecule has 6 nitrogen and oxygen atoms in total. The monoisotopic (exact) mass is 643 g/mol. The second kappa shape index (κ2) is 12.6. The average molecular weight is 644 g/mol. The van der Waals surface area contributed by atoms with E-state index in [0.717, 1.165) is 20.3 Å². The Morgan fingerprint density at radius 2 is 1.55 bits per heavy atom. The molecule has 0 radical (unpaired) electrons. The highest BCUT2D eigenvalue weighted by Gasteiger charge is 2.27. The molecule has 0 saturated carbocycles. The van der Waals surface area contributed by atoms with Crippen molar-refractivity contribution in [3.05, 3.63) is 128 Å². The lowest BCUT2D eigenvalue weighted by molar-refractivity contribution is -0.133. The molecule has 1 atom stereocenters. The third kappa shape index (κ3) is 6.00. The molecule has 0 N–H and O–H groups in total. The molecule has 0 saturated heterocycles. The van der Waals surface area contributed by atoms with E-state index in [1.54, 1.807) is 22.6 Å². The van der Waals surface area contributed by atoms with Crippen LogP contribution in [0.4, 0.5) is 0 Å². The molecule has 0 fully saturated rings. The van der Waals surface area contributed by atoms with Gasteiger partial charge in [0.2, 0.25) is 5.91 Å². The van der Waals surface area contributed by atoms with Crippen LogP contribution in [0.5, 0.6) is 0 Å². The zero-order valence-corrected chi connectivity index (χ0v) is 24.6. The molecule has 1 aromatic heterocycles. The van der Waals surface area contributed by atoms with Gasteiger partial charge in [0, 0.05) is 17.2 Å². The molecular weight excluding hydrogens is 613 g/mol. The van der Waals surface area contributed by atoms with Crippen LogP contribution >= 0.6 is 22.6 Å². The first kappa shape index (κ1) is 27.7. The number of hydrogen-bond donors (Lipinski definition) is 0. The van der Waals surface area contributed by atoms with Gasteiger partial charge in [0.05, 0.1) is 35.7 Å². The highest BCUT2D eigenvalue weighted by molar-refractivity contribution is 14.1. The minimum atomic E-state index is -0.483. The summed E-state index contributed by atoms with van der Waals surface area (Å²) in [4.78, 5) is 34.2. The molecular formula is C33H30IN3O3. The van der Waals surface area contributed by atoms with Gasteiger partial charge in [-0.1, -0.05) is 66.7 Å². The summed E-state index contributed by atoms with van der Waals surface area (Å²) in [5, 5.41) is 0.533. The number of halogens is 1. The number of benzene rings is 4. The number of ether oxygens (including phenoxy) is 1. The summed E-state index contributed by atoms with van der Waals surface area (Å²) < 4.78 is 8.05. The van der Waals surface area contributed by atoms with E-state index in [1.165, 1.54) is 0 Å². The first-order valence-corrected chi connectivity index (χ1v) is 14.2. The van der Waals surface area contributed by atoms with Gasteiger partial charge in [0.25, 0.3) is 5.56 Å². The molecule has 0 aliphatic carbocycles. The fourth-order valence-corrected chi connectivity index (χ4v) is 5.21. The van der Waals surface area contributed by atoms with Crippen molar-refractivity contribution in [3.63, 3.8) is 0 Å². The summed E-state index contributed by atoms with van der Waals surface area (Å²) in [5.41, 5.74) is 4.30. The van der Waals surface area contributed by atoms with Crippen molar-refractivity contribution in [2.75, 3.05) is 20.3 Å². The first-order chi connectivity index (χ1) is 19.5. The maximum Gasteiger partial charge on any atom is 0.266 e. The van der Waals surface area contributed by atoms with Crippen molar-refractivity contribution < 1.29 is 9.53 Å². The van der Waals surface area contributed by atoms with Gasteiger partial charge in [-0.2, -0.15) is 0 Å². The van der Waals surface area contributed by atoms with Crippen LogP contribution in [0, 0.1) is 3.57 Å². The number of methoxy groups -OCH3 is 1. The molecule has 0 spiro atoms. The standard InChI is InChI=1S/C33H30IN3O3/c1-23(32-35-30-11-7-6-10-29(30)33(39)37(32)28-18-16-27(34)17-19-28)36(20-21-40-2)31(38)22-24-12-14-26(15-13-24)25-8-4-3-5-9-25/h3-19,23H,20-22H2,1-2H3. The molecule has 1 heterocycles. The number of aromatic nitrogens is 2. The SMILES string of the molecule is COCCN(C(=O)Cc1ccc(-c2ccccc2)cc1)C(C)c1nc2ccccc2c(=O)n1-c1ccc(I)cc1. The van der Waals surface area contributed by atoms with Crippen LogP contribution in [-0.2, 0) is 16.0 Å². The Kier molecular flexibility index (Phi) is 8.72. The van der Waals surface area contributed by atoms with Crippen molar-refractivity contribution in [2.24, 2.45) is 0 Å². The maximum atomic E-state index is 13.8. The third-order valence-electron chi connectivity index (χ3n) is 7.00. The molecule has 4 aromatic carbocycles. The van der Waals surface area contributed by atoms with E-state index >= 15 is 0 Å². The molecule has 5 aromatic rings. The Hall–Kier alpha value is -3.82. The number of fused-ring (bicyclic) bond motifs is 1. The van der Waals surface area contributed by atoms with E-state index in [2.05, 4.69) is 34.7 Å². The van der Waals surface area contributed by atoms with Gasteiger partial charge < -0.3 is 9.64 Å². The second-order valence-electron chi connectivity index (χ2n) is 9.60. The lowest BCUT2D eigenvalue weighted by Gasteiger charge is -2.30. The van der Waals surface area contributed by atoms with Crippen molar-refractivity contribution >= 4 is 39.4 Å².